The highest BCUT2D eigenvalue weighted by atomic mass is 16.5. The maximum absolute atomic E-state index is 11.7. The molecule has 0 unspecified atom stereocenters. The van der Waals surface area contributed by atoms with Gasteiger partial charge in [0.1, 0.15) is 0 Å². The summed E-state index contributed by atoms with van der Waals surface area (Å²) in [6.45, 7) is 0.665. The molecule has 0 fully saturated rings. The molecule has 9 heteroatoms. The lowest BCUT2D eigenvalue weighted by atomic mass is 10.1. The van der Waals surface area contributed by atoms with E-state index in [2.05, 4.69) is 15.0 Å². The number of nitrogens with two attached hydrogens (primary N) is 1. The molecular weight excluding hydrogens is 330 g/mol. The molecule has 9 nitrogen and oxygen atoms in total. The van der Waals surface area contributed by atoms with Gasteiger partial charge in [0.15, 0.2) is 17.9 Å². The first-order valence-electron chi connectivity index (χ1n) is 7.42. The molecule has 0 saturated carbocycles. The van der Waals surface area contributed by atoms with Crippen molar-refractivity contribution in [2.24, 2.45) is 0 Å². The van der Waals surface area contributed by atoms with Gasteiger partial charge >= 0.3 is 5.97 Å². The molecule has 3 N–H and O–H groups in total. The summed E-state index contributed by atoms with van der Waals surface area (Å²) in [6, 6.07) is 2.96. The van der Waals surface area contributed by atoms with Crippen molar-refractivity contribution < 1.29 is 28.2 Å². The van der Waals surface area contributed by atoms with Crippen LogP contribution in [0.1, 0.15) is 27.3 Å². The lowest BCUT2D eigenvalue weighted by molar-refractivity contribution is 0.0601. The fourth-order valence-corrected chi connectivity index (χ4v) is 2.01. The van der Waals surface area contributed by atoms with Crippen LogP contribution in [0.15, 0.2) is 29.1 Å². The summed E-state index contributed by atoms with van der Waals surface area (Å²) in [6.07, 6.45) is 3.05. The van der Waals surface area contributed by atoms with Crippen LogP contribution in [-0.2, 0) is 4.74 Å². The van der Waals surface area contributed by atoms with Crippen molar-refractivity contribution in [1.29, 1.82) is 0 Å². The predicted octanol–water partition coefficient (Wildman–Crippen LogP) is 1.25. The third-order valence-corrected chi connectivity index (χ3v) is 3.26. The smallest absolute Gasteiger partial charge is 0.340 e. The van der Waals surface area contributed by atoms with Gasteiger partial charge in [0.25, 0.3) is 5.91 Å². The molecule has 1 aromatic heterocycles. The molecule has 25 heavy (non-hydrogen) atoms. The van der Waals surface area contributed by atoms with E-state index in [0.29, 0.717) is 24.5 Å². The lowest BCUT2D eigenvalue weighted by Crippen LogP contribution is -2.25. The predicted molar refractivity (Wildman–Crippen MR) is 87.7 cm³/mol. The van der Waals surface area contributed by atoms with Crippen LogP contribution in [-0.4, -0.2) is 44.2 Å². The molecule has 0 radical (unpaired) electrons. The number of anilines is 1. The van der Waals surface area contributed by atoms with E-state index >= 15 is 0 Å². The second kappa shape index (κ2) is 8.57. The molecule has 0 bridgehead atoms. The van der Waals surface area contributed by atoms with Crippen LogP contribution in [0.5, 0.6) is 11.5 Å². The number of methoxy groups -OCH3 is 2. The summed E-state index contributed by atoms with van der Waals surface area (Å²) in [5, 5.41) is 2.67. The van der Waals surface area contributed by atoms with E-state index in [-0.39, 0.29) is 29.5 Å². The Morgan fingerprint density at radius 1 is 1.28 bits per heavy atom. The van der Waals surface area contributed by atoms with Crippen molar-refractivity contribution in [3.05, 3.63) is 36.0 Å². The lowest BCUT2D eigenvalue weighted by Gasteiger charge is -2.13. The maximum Gasteiger partial charge on any atom is 0.340 e. The van der Waals surface area contributed by atoms with Crippen molar-refractivity contribution in [3.8, 4) is 11.5 Å². The normalized spacial score (nSPS) is 10.2. The van der Waals surface area contributed by atoms with E-state index in [1.165, 1.54) is 38.9 Å². The molecule has 2 aromatic rings. The first-order chi connectivity index (χ1) is 12.1. The number of amides is 1. The van der Waals surface area contributed by atoms with Crippen LogP contribution in [0, 0.1) is 0 Å². The van der Waals surface area contributed by atoms with E-state index in [1.54, 1.807) is 0 Å². The Bertz CT molecular complexity index is 730. The number of nitrogens with zero attached hydrogens (tertiary/aromatic N) is 1. The summed E-state index contributed by atoms with van der Waals surface area (Å²) < 4.78 is 20.4. The Hall–Kier alpha value is -3.23. The maximum atomic E-state index is 11.7. The SMILES string of the molecule is COC(=O)c1cc(OCCCNC(=O)c2cnco2)c(OC)cc1N. The topological polar surface area (TPSA) is 126 Å². The Balaban J connectivity index is 1.89. The summed E-state index contributed by atoms with van der Waals surface area (Å²) in [5.74, 6) is -0.0155. The van der Waals surface area contributed by atoms with E-state index in [0.717, 1.165) is 0 Å². The summed E-state index contributed by atoms with van der Waals surface area (Å²) in [5.41, 5.74) is 6.22. The zero-order valence-corrected chi connectivity index (χ0v) is 13.9. The van der Waals surface area contributed by atoms with Gasteiger partial charge in [-0.05, 0) is 6.42 Å². The second-order valence-corrected chi connectivity index (χ2v) is 4.91. The number of hydrogen-bond donors (Lipinski definition) is 2. The highest BCUT2D eigenvalue weighted by Gasteiger charge is 2.16. The van der Waals surface area contributed by atoms with Crippen molar-refractivity contribution in [2.45, 2.75) is 6.42 Å². The quantitative estimate of drug-likeness (QED) is 0.414. The molecule has 2 rings (SSSR count). The minimum atomic E-state index is -0.565. The van der Waals surface area contributed by atoms with Crippen LogP contribution < -0.4 is 20.5 Å². The number of hydrogen-bond acceptors (Lipinski definition) is 8. The molecule has 0 saturated heterocycles. The molecule has 1 heterocycles. The van der Waals surface area contributed by atoms with Gasteiger partial charge in [-0.2, -0.15) is 0 Å². The molecule has 0 spiro atoms. The fraction of sp³-hybridized carbons (Fsp3) is 0.312. The fourth-order valence-electron chi connectivity index (χ4n) is 2.01. The highest BCUT2D eigenvalue weighted by molar-refractivity contribution is 5.96. The van der Waals surface area contributed by atoms with Crippen LogP contribution >= 0.6 is 0 Å². The molecule has 0 aliphatic heterocycles. The van der Waals surface area contributed by atoms with Crippen LogP contribution in [0.4, 0.5) is 5.69 Å². The Morgan fingerprint density at radius 2 is 2.08 bits per heavy atom. The minimum absolute atomic E-state index is 0.142. The molecule has 1 amide bonds. The molecular formula is C16H19N3O6. The number of nitrogen functional groups attached to an aromatic ring is 1. The third-order valence-electron chi connectivity index (χ3n) is 3.26. The number of esters is 1. The van der Waals surface area contributed by atoms with Crippen LogP contribution in [0.2, 0.25) is 0 Å². The Kier molecular flexibility index (Phi) is 6.21. The van der Waals surface area contributed by atoms with Gasteiger partial charge in [0.2, 0.25) is 5.76 Å². The van der Waals surface area contributed by atoms with Crippen LogP contribution in [0.25, 0.3) is 0 Å². The van der Waals surface area contributed by atoms with Crippen molar-refractivity contribution in [2.75, 3.05) is 33.1 Å². The molecule has 0 aliphatic carbocycles. The zero-order chi connectivity index (χ0) is 18.2. The summed E-state index contributed by atoms with van der Waals surface area (Å²) in [7, 11) is 2.74. The minimum Gasteiger partial charge on any atom is -0.493 e. The Labute approximate surface area is 144 Å². The number of nitrogens with one attached hydrogen (secondary N) is 1. The largest absolute Gasteiger partial charge is 0.493 e. The number of benzene rings is 1. The first-order valence-corrected chi connectivity index (χ1v) is 7.42. The van der Waals surface area contributed by atoms with Gasteiger partial charge in [-0.15, -0.1) is 0 Å². The van der Waals surface area contributed by atoms with Gasteiger partial charge in [0.05, 0.1) is 38.3 Å². The molecule has 134 valence electrons. The van der Waals surface area contributed by atoms with E-state index in [1.807, 2.05) is 0 Å². The number of ether oxygens (including phenoxy) is 3. The molecule has 1 aromatic carbocycles. The zero-order valence-electron chi connectivity index (χ0n) is 13.9. The number of aromatic nitrogens is 1. The van der Waals surface area contributed by atoms with E-state index < -0.39 is 5.97 Å². The van der Waals surface area contributed by atoms with Crippen LogP contribution in [0.3, 0.4) is 0 Å². The Morgan fingerprint density at radius 3 is 2.72 bits per heavy atom. The number of carbonyl (C=O) groups excluding carboxylic acids is 2. The van der Waals surface area contributed by atoms with Gasteiger partial charge in [-0.3, -0.25) is 4.79 Å². The van der Waals surface area contributed by atoms with Gasteiger partial charge in [0, 0.05) is 18.7 Å². The van der Waals surface area contributed by atoms with Crippen molar-refractivity contribution in [1.82, 2.24) is 10.3 Å². The van der Waals surface area contributed by atoms with Gasteiger partial charge in [-0.25, -0.2) is 9.78 Å². The third kappa shape index (κ3) is 4.63. The number of oxazole rings is 1. The van der Waals surface area contributed by atoms with E-state index in [9.17, 15) is 9.59 Å². The number of carbonyl (C=O) groups is 2. The number of rotatable bonds is 8. The van der Waals surface area contributed by atoms with Gasteiger partial charge < -0.3 is 29.7 Å². The van der Waals surface area contributed by atoms with Crippen molar-refractivity contribution >= 4 is 17.6 Å². The molecule has 0 atom stereocenters. The molecule has 0 aliphatic rings. The highest BCUT2D eigenvalue weighted by Crippen LogP contribution is 2.32. The second-order valence-electron chi connectivity index (χ2n) is 4.91. The first kappa shape index (κ1) is 18.1. The average Bonchev–Trinajstić information content (AvgIpc) is 3.16. The van der Waals surface area contributed by atoms with Crippen molar-refractivity contribution in [3.63, 3.8) is 0 Å². The standard InChI is InChI=1S/C16H19N3O6/c1-22-12-7-11(17)10(16(21)23-2)6-13(12)24-5-3-4-19-15(20)14-8-18-9-25-14/h6-9H,3-5,17H2,1-2H3,(H,19,20). The monoisotopic (exact) mass is 349 g/mol. The average molecular weight is 349 g/mol. The summed E-state index contributed by atoms with van der Waals surface area (Å²) >= 11 is 0. The van der Waals surface area contributed by atoms with E-state index in [4.69, 9.17) is 19.6 Å². The summed E-state index contributed by atoms with van der Waals surface area (Å²) in [4.78, 5) is 27.0. The van der Waals surface area contributed by atoms with Gasteiger partial charge in [-0.1, -0.05) is 0 Å².